The number of nitrogen functional groups attached to an aromatic ring is 1. The quantitative estimate of drug-likeness (QED) is 0.134. The van der Waals surface area contributed by atoms with Crippen LogP contribution in [0.4, 0.5) is 30.6 Å². The number of anilines is 3. The first-order chi connectivity index (χ1) is 26.4. The van der Waals surface area contributed by atoms with E-state index in [0.717, 1.165) is 75.4 Å². The molecule has 4 saturated heterocycles. The summed E-state index contributed by atoms with van der Waals surface area (Å²) < 4.78 is 48.3. The molecule has 1 spiro atoms. The number of hydrogen-bond donors (Lipinski definition) is 2. The summed E-state index contributed by atoms with van der Waals surface area (Å²) in [7, 11) is 0. The zero-order valence-electron chi connectivity index (χ0n) is 31.4. The average Bonchev–Trinajstić information content (AvgIpc) is 3.98. The van der Waals surface area contributed by atoms with E-state index in [1.807, 2.05) is 17.9 Å². The molecule has 0 bridgehead atoms. The summed E-state index contributed by atoms with van der Waals surface area (Å²) in [5, 5.41) is 18.7. The van der Waals surface area contributed by atoms with Crippen LogP contribution in [0.3, 0.4) is 0 Å². The van der Waals surface area contributed by atoms with E-state index in [0.29, 0.717) is 90.7 Å². The summed E-state index contributed by atoms with van der Waals surface area (Å²) >= 11 is 0. The van der Waals surface area contributed by atoms with Gasteiger partial charge in [0, 0.05) is 78.6 Å². The van der Waals surface area contributed by atoms with E-state index >= 15 is 0 Å². The predicted molar refractivity (Wildman–Crippen MR) is 207 cm³/mol. The first-order valence-electron chi connectivity index (χ1n) is 19.4. The van der Waals surface area contributed by atoms with Gasteiger partial charge in [-0.25, -0.2) is 4.98 Å². The summed E-state index contributed by atoms with van der Waals surface area (Å²) in [6.07, 6.45) is 4.35. The molecular formula is C41H48F3N9O2. The highest BCUT2D eigenvalue weighted by atomic mass is 19.4. The van der Waals surface area contributed by atoms with Gasteiger partial charge in [0.1, 0.15) is 11.3 Å². The third kappa shape index (κ3) is 6.74. The number of nitrogens with one attached hydrogen (secondary N) is 1. The number of halogens is 3. The number of fused-ring (bicyclic) bond motifs is 1. The number of aryl methyl sites for hydroxylation is 1. The lowest BCUT2D eigenvalue weighted by Crippen LogP contribution is -2.61. The summed E-state index contributed by atoms with van der Waals surface area (Å²) in [6.45, 7) is 9.81. The molecule has 2 aromatic carbocycles. The minimum atomic E-state index is -4.62. The van der Waals surface area contributed by atoms with Crippen LogP contribution in [0.15, 0.2) is 30.9 Å². The molecule has 5 heterocycles. The molecule has 1 saturated carbocycles. The number of nitrogens with two attached hydrogens (primary N) is 1. The van der Waals surface area contributed by atoms with E-state index in [9.17, 15) is 23.2 Å². The van der Waals surface area contributed by atoms with Crippen LogP contribution in [-0.2, 0) is 4.79 Å². The lowest BCUT2D eigenvalue weighted by molar-refractivity contribution is -0.153. The molecule has 11 nitrogen and oxygen atoms in total. The van der Waals surface area contributed by atoms with Crippen LogP contribution < -0.4 is 20.3 Å². The average molecular weight is 756 g/mol. The normalized spacial score (nSPS) is 20.8. The minimum Gasteiger partial charge on any atom is -0.481 e. The Bertz CT molecular complexity index is 2060. The molecule has 8 rings (SSSR count). The van der Waals surface area contributed by atoms with Crippen molar-refractivity contribution in [2.45, 2.75) is 75.9 Å². The lowest BCUT2D eigenvalue weighted by Gasteiger charge is -2.54. The second kappa shape index (κ2) is 14.0. The van der Waals surface area contributed by atoms with Crippen LogP contribution in [0.5, 0.6) is 5.75 Å². The van der Waals surface area contributed by atoms with E-state index in [2.05, 4.69) is 33.4 Å². The SMILES string of the molecule is C=CC(=O)N1CC2(CCN(c3nc(N4CCC(CC#N)(N5CCC5)CC4)nc4c(OCC(F)(F)F)c(-c5c(C)ccc(N)c5C=N)c(C5CC5)cc34)CC2)C1. The summed E-state index contributed by atoms with van der Waals surface area (Å²) in [5.74, 6) is 1.13. The van der Waals surface area contributed by atoms with Crippen molar-refractivity contribution >= 4 is 40.5 Å². The number of aromatic nitrogens is 2. The van der Waals surface area contributed by atoms with Crippen molar-refractivity contribution in [1.29, 1.82) is 10.7 Å². The van der Waals surface area contributed by atoms with Crippen molar-refractivity contribution in [2.24, 2.45) is 5.41 Å². The van der Waals surface area contributed by atoms with Crippen LogP contribution >= 0.6 is 0 Å². The van der Waals surface area contributed by atoms with Gasteiger partial charge in [0.25, 0.3) is 0 Å². The molecule has 14 heteroatoms. The van der Waals surface area contributed by atoms with E-state index in [1.165, 1.54) is 6.08 Å². The monoisotopic (exact) mass is 755 g/mol. The van der Waals surface area contributed by atoms with Gasteiger partial charge in [0.15, 0.2) is 12.4 Å². The van der Waals surface area contributed by atoms with Crippen molar-refractivity contribution in [2.75, 3.05) is 74.5 Å². The Morgan fingerprint density at radius 1 is 1.07 bits per heavy atom. The van der Waals surface area contributed by atoms with Crippen molar-refractivity contribution in [3.05, 3.63) is 47.5 Å². The number of carbonyl (C=O) groups excluding carboxylic acids is 1. The largest absolute Gasteiger partial charge is 0.481 e. The fourth-order valence-corrected chi connectivity index (χ4v) is 9.34. The highest BCUT2D eigenvalue weighted by Crippen LogP contribution is 2.53. The number of likely N-dealkylation sites (tertiary alicyclic amines) is 2. The number of piperidine rings is 2. The zero-order chi connectivity index (χ0) is 38.7. The van der Waals surface area contributed by atoms with Gasteiger partial charge in [-0.15, -0.1) is 0 Å². The highest BCUT2D eigenvalue weighted by Gasteiger charge is 2.47. The molecule has 3 aromatic rings. The van der Waals surface area contributed by atoms with Gasteiger partial charge in [-0.3, -0.25) is 9.69 Å². The summed E-state index contributed by atoms with van der Waals surface area (Å²) in [4.78, 5) is 31.2. The molecule has 55 heavy (non-hydrogen) atoms. The smallest absolute Gasteiger partial charge is 0.422 e. The second-order valence-corrected chi connectivity index (χ2v) is 16.3. The lowest BCUT2D eigenvalue weighted by atomic mass is 9.72. The molecule has 0 radical (unpaired) electrons. The molecule has 5 aliphatic rings. The minimum absolute atomic E-state index is 0.00981. The zero-order valence-corrected chi connectivity index (χ0v) is 31.4. The van der Waals surface area contributed by atoms with Gasteiger partial charge in [-0.05, 0) is 106 Å². The Balaban J connectivity index is 1.28. The maximum atomic E-state index is 14.1. The van der Waals surface area contributed by atoms with Crippen LogP contribution in [-0.4, -0.2) is 103 Å². The third-order valence-corrected chi connectivity index (χ3v) is 12.8. The van der Waals surface area contributed by atoms with Crippen molar-refractivity contribution in [3.63, 3.8) is 0 Å². The van der Waals surface area contributed by atoms with Gasteiger partial charge < -0.3 is 30.6 Å². The van der Waals surface area contributed by atoms with Gasteiger partial charge >= 0.3 is 6.18 Å². The van der Waals surface area contributed by atoms with Crippen LogP contribution in [0.2, 0.25) is 0 Å². The molecule has 1 aliphatic carbocycles. The Labute approximate surface area is 319 Å². The van der Waals surface area contributed by atoms with Crippen molar-refractivity contribution in [3.8, 4) is 22.9 Å². The van der Waals surface area contributed by atoms with E-state index in [1.54, 1.807) is 6.07 Å². The fourth-order valence-electron chi connectivity index (χ4n) is 9.34. The van der Waals surface area contributed by atoms with E-state index < -0.39 is 12.8 Å². The Morgan fingerprint density at radius 3 is 2.35 bits per heavy atom. The highest BCUT2D eigenvalue weighted by molar-refractivity contribution is 6.05. The van der Waals surface area contributed by atoms with E-state index in [4.69, 9.17) is 25.8 Å². The first kappa shape index (κ1) is 37.0. The Morgan fingerprint density at radius 2 is 1.76 bits per heavy atom. The maximum Gasteiger partial charge on any atom is 0.422 e. The fraction of sp³-hybridized carbons (Fsp3) is 0.537. The second-order valence-electron chi connectivity index (χ2n) is 16.3. The van der Waals surface area contributed by atoms with Crippen LogP contribution in [0.1, 0.15) is 74.0 Å². The molecule has 290 valence electrons. The van der Waals surface area contributed by atoms with Crippen LogP contribution in [0.25, 0.3) is 22.0 Å². The summed E-state index contributed by atoms with van der Waals surface area (Å²) in [5.41, 5.74) is 9.98. The number of ether oxygens (including phenoxy) is 1. The molecular weight excluding hydrogens is 708 g/mol. The maximum absolute atomic E-state index is 14.1. The van der Waals surface area contributed by atoms with Crippen molar-refractivity contribution < 1.29 is 22.7 Å². The number of nitriles is 1. The number of alkyl halides is 3. The van der Waals surface area contributed by atoms with Crippen molar-refractivity contribution in [1.82, 2.24) is 19.8 Å². The molecule has 0 unspecified atom stereocenters. The molecule has 0 atom stereocenters. The topological polar surface area (TPSA) is 139 Å². The number of nitrogens with zero attached hydrogens (tertiary/aromatic N) is 7. The Kier molecular flexibility index (Phi) is 9.43. The molecule has 3 N–H and O–H groups in total. The molecule has 1 amide bonds. The van der Waals surface area contributed by atoms with E-state index in [-0.39, 0.29) is 28.5 Å². The summed E-state index contributed by atoms with van der Waals surface area (Å²) in [6, 6.07) is 8.02. The Hall–Kier alpha value is -4.90. The standard InChI is InChI=1S/C41H48F3N9O2/c1-3-32(54)52-23-39(24-52)10-17-50(18-11-39)37-29-21-28(27-6-7-27)34(33-26(2)5-8-31(47)30(33)22-46)36(55-25-41(42,43)44)35(29)48-38(49-37)51-19-12-40(9-14-45,13-20-51)53-15-4-16-53/h3,5,8,21-22,27,46H,1,4,6-7,9-13,15-20,23-25,47H2,2H3. The number of carbonyl (C=O) groups is 1. The number of rotatable bonds is 10. The molecule has 4 aliphatic heterocycles. The number of amides is 1. The van der Waals surface area contributed by atoms with Crippen LogP contribution in [0, 0.1) is 29.1 Å². The third-order valence-electron chi connectivity index (χ3n) is 12.8. The molecule has 1 aromatic heterocycles. The first-order valence-corrected chi connectivity index (χ1v) is 19.4. The van der Waals surface area contributed by atoms with Gasteiger partial charge in [0.2, 0.25) is 11.9 Å². The molecule has 5 fully saturated rings. The van der Waals surface area contributed by atoms with Gasteiger partial charge in [0.05, 0.1) is 12.5 Å². The van der Waals surface area contributed by atoms with Gasteiger partial charge in [-0.2, -0.15) is 23.4 Å². The number of benzene rings is 2. The predicted octanol–water partition coefficient (Wildman–Crippen LogP) is 6.58. The number of hydrogen-bond acceptors (Lipinski definition) is 10. The van der Waals surface area contributed by atoms with Gasteiger partial charge in [-0.1, -0.05) is 12.6 Å².